The van der Waals surface area contributed by atoms with Crippen LogP contribution < -0.4 is 0 Å². The molecule has 1 aliphatic rings. The van der Waals surface area contributed by atoms with Crippen molar-refractivity contribution in [3.8, 4) is 0 Å². The Morgan fingerprint density at radius 1 is 1.38 bits per heavy atom. The van der Waals surface area contributed by atoms with E-state index < -0.39 is 0 Å². The quantitative estimate of drug-likeness (QED) is 0.431. The van der Waals surface area contributed by atoms with Gasteiger partial charge in [-0.05, 0) is 6.92 Å². The summed E-state index contributed by atoms with van der Waals surface area (Å²) in [6, 6.07) is 0. The zero-order valence-corrected chi connectivity index (χ0v) is 5.09. The zero-order chi connectivity index (χ0) is 5.98. The van der Waals surface area contributed by atoms with Crippen LogP contribution >= 0.6 is 0 Å². The fourth-order valence-electron chi connectivity index (χ4n) is 0.639. The van der Waals surface area contributed by atoms with Crippen molar-refractivity contribution in [3.63, 3.8) is 0 Å². The molecule has 0 bridgehead atoms. The van der Waals surface area contributed by atoms with Crippen molar-refractivity contribution in [2.75, 3.05) is 13.2 Å². The fourth-order valence-corrected chi connectivity index (χ4v) is 0.639. The molecule has 2 atom stereocenters. The molecule has 0 aromatic carbocycles. The van der Waals surface area contributed by atoms with Gasteiger partial charge in [-0.3, -0.25) is 0 Å². The number of ether oxygens (including phenoxy) is 2. The second-order valence-corrected chi connectivity index (χ2v) is 2.10. The molecule has 0 aromatic rings. The highest BCUT2D eigenvalue weighted by atomic mass is 16.6. The number of hydrogen-bond donors (Lipinski definition) is 0. The molecule has 0 radical (unpaired) electrons. The van der Waals surface area contributed by atoms with Crippen LogP contribution in [0.1, 0.15) is 6.92 Å². The van der Waals surface area contributed by atoms with Gasteiger partial charge in [-0.2, -0.15) is 0 Å². The molecule has 1 fully saturated rings. The second kappa shape index (κ2) is 2.37. The molecule has 1 aliphatic heterocycles. The molecule has 8 heavy (non-hydrogen) atoms. The van der Waals surface area contributed by atoms with Crippen molar-refractivity contribution in [1.82, 2.24) is 0 Å². The van der Waals surface area contributed by atoms with Gasteiger partial charge in [0.1, 0.15) is 6.61 Å². The first-order valence-corrected chi connectivity index (χ1v) is 2.85. The Morgan fingerprint density at radius 3 is 2.50 bits per heavy atom. The van der Waals surface area contributed by atoms with Crippen LogP contribution in [0.3, 0.4) is 0 Å². The highest BCUT2D eigenvalue weighted by molar-refractivity contribution is 4.65. The molecule has 1 rings (SSSR count). The zero-order valence-electron chi connectivity index (χ0n) is 5.09. The highest BCUT2D eigenvalue weighted by Gasteiger charge is 2.18. The molecule has 46 valence electrons. The van der Waals surface area contributed by atoms with Gasteiger partial charge in [-0.15, -0.1) is 0 Å². The maximum atomic E-state index is 5.20. The van der Waals surface area contributed by atoms with Gasteiger partial charge in [0.05, 0.1) is 19.6 Å². The summed E-state index contributed by atoms with van der Waals surface area (Å²) in [7, 11) is 0. The molecule has 1 heterocycles. The molecule has 0 spiro atoms. The van der Waals surface area contributed by atoms with E-state index in [4.69, 9.17) is 9.47 Å². The minimum Gasteiger partial charge on any atom is -0.369 e. The maximum Gasteiger partial charge on any atom is 0.218 e. The van der Waals surface area contributed by atoms with E-state index in [1.165, 1.54) is 0 Å². The maximum absolute atomic E-state index is 5.20. The minimum absolute atomic E-state index is 0.0474. The molecule has 0 aromatic heterocycles. The molecule has 0 amide bonds. The molecule has 2 unspecified atom stereocenters. The Morgan fingerprint density at radius 2 is 2.12 bits per heavy atom. The van der Waals surface area contributed by atoms with Crippen molar-refractivity contribution < 1.29 is 9.47 Å². The number of hydrogen-bond acceptors (Lipinski definition) is 2. The summed E-state index contributed by atoms with van der Waals surface area (Å²) in [5.74, 6) is 0. The predicted molar refractivity (Wildman–Crippen MR) is 30.5 cm³/mol. The standard InChI is InChI=1S/C6H11O2/c1-5-3-8-6(2)4-7-5/h5-6H,1,3-4H2,2H3/q+1. The summed E-state index contributed by atoms with van der Waals surface area (Å²) in [6.07, 6.45) is 0.305. The molecule has 0 saturated carbocycles. The van der Waals surface area contributed by atoms with Gasteiger partial charge < -0.3 is 9.47 Å². The molecular formula is C6H11O2+. The summed E-state index contributed by atoms with van der Waals surface area (Å²) in [5.41, 5.74) is 0. The van der Waals surface area contributed by atoms with Gasteiger partial charge in [-0.25, -0.2) is 0 Å². The highest BCUT2D eigenvalue weighted by Crippen LogP contribution is 2.04. The SMILES string of the molecule is [CH2+]C1COC(C)CO1. The first-order valence-electron chi connectivity index (χ1n) is 2.85. The normalized spacial score (nSPS) is 39.6. The van der Waals surface area contributed by atoms with Gasteiger partial charge in [0.2, 0.25) is 6.10 Å². The fraction of sp³-hybridized carbons (Fsp3) is 0.833. The van der Waals surface area contributed by atoms with Gasteiger partial charge in [0.15, 0.2) is 0 Å². The molecule has 1 saturated heterocycles. The Balaban J connectivity index is 2.19. The second-order valence-electron chi connectivity index (χ2n) is 2.10. The van der Waals surface area contributed by atoms with Gasteiger partial charge in [-0.1, -0.05) is 0 Å². The van der Waals surface area contributed by atoms with E-state index in [0.29, 0.717) is 13.2 Å². The Hall–Kier alpha value is -0.210. The smallest absolute Gasteiger partial charge is 0.218 e. The van der Waals surface area contributed by atoms with Crippen LogP contribution in [-0.2, 0) is 9.47 Å². The van der Waals surface area contributed by atoms with Crippen LogP contribution in [0.25, 0.3) is 0 Å². The average Bonchev–Trinajstić information content (AvgIpc) is 1.77. The minimum atomic E-state index is 0.0474. The van der Waals surface area contributed by atoms with Crippen molar-refractivity contribution in [1.29, 1.82) is 0 Å². The topological polar surface area (TPSA) is 18.5 Å². The van der Waals surface area contributed by atoms with E-state index >= 15 is 0 Å². The van der Waals surface area contributed by atoms with E-state index in [0.717, 1.165) is 0 Å². The van der Waals surface area contributed by atoms with Gasteiger partial charge >= 0.3 is 0 Å². The summed E-state index contributed by atoms with van der Waals surface area (Å²) in [4.78, 5) is 0. The Labute approximate surface area is 49.8 Å². The van der Waals surface area contributed by atoms with E-state index in [-0.39, 0.29) is 12.2 Å². The third-order valence-corrected chi connectivity index (χ3v) is 1.13. The van der Waals surface area contributed by atoms with E-state index in [9.17, 15) is 0 Å². The first-order chi connectivity index (χ1) is 3.79. The summed E-state index contributed by atoms with van der Waals surface area (Å²) in [5, 5.41) is 0. The van der Waals surface area contributed by atoms with Crippen LogP contribution in [0.4, 0.5) is 0 Å². The van der Waals surface area contributed by atoms with Gasteiger partial charge in [0.25, 0.3) is 0 Å². The van der Waals surface area contributed by atoms with E-state index in [2.05, 4.69) is 6.92 Å². The summed E-state index contributed by atoms with van der Waals surface area (Å²) in [6.45, 7) is 7.01. The molecular weight excluding hydrogens is 104 g/mol. The van der Waals surface area contributed by atoms with Crippen LogP contribution in [0.5, 0.6) is 0 Å². The van der Waals surface area contributed by atoms with E-state index in [1.807, 2.05) is 6.92 Å². The summed E-state index contributed by atoms with van der Waals surface area (Å²) < 4.78 is 10.4. The molecule has 2 heteroatoms. The Bertz CT molecular complexity index is 54.9. The van der Waals surface area contributed by atoms with Crippen molar-refractivity contribution in [2.45, 2.75) is 19.1 Å². The van der Waals surface area contributed by atoms with Crippen molar-refractivity contribution in [3.05, 3.63) is 6.92 Å². The lowest BCUT2D eigenvalue weighted by atomic mass is 10.3. The summed E-state index contributed by atoms with van der Waals surface area (Å²) >= 11 is 0. The largest absolute Gasteiger partial charge is 0.369 e. The monoisotopic (exact) mass is 115 g/mol. The third kappa shape index (κ3) is 1.39. The Kier molecular flexibility index (Phi) is 1.76. The van der Waals surface area contributed by atoms with Crippen molar-refractivity contribution in [2.24, 2.45) is 0 Å². The predicted octanol–water partition coefficient (Wildman–Crippen LogP) is 0.624. The van der Waals surface area contributed by atoms with Crippen LogP contribution in [0, 0.1) is 6.92 Å². The van der Waals surface area contributed by atoms with Crippen LogP contribution in [0.15, 0.2) is 0 Å². The average molecular weight is 115 g/mol. The van der Waals surface area contributed by atoms with Gasteiger partial charge in [0, 0.05) is 0 Å². The molecule has 0 aliphatic carbocycles. The lowest BCUT2D eigenvalue weighted by Gasteiger charge is -2.20. The van der Waals surface area contributed by atoms with Crippen LogP contribution in [-0.4, -0.2) is 25.4 Å². The third-order valence-electron chi connectivity index (χ3n) is 1.13. The first kappa shape index (κ1) is 5.92. The van der Waals surface area contributed by atoms with Crippen LogP contribution in [0.2, 0.25) is 0 Å². The lowest BCUT2D eigenvalue weighted by Crippen LogP contribution is -2.31. The van der Waals surface area contributed by atoms with E-state index in [1.54, 1.807) is 0 Å². The number of rotatable bonds is 0. The molecule has 0 N–H and O–H groups in total. The molecule has 2 nitrogen and oxygen atoms in total. The lowest BCUT2D eigenvalue weighted by molar-refractivity contribution is -0.110. The van der Waals surface area contributed by atoms with Crippen molar-refractivity contribution >= 4 is 0 Å².